The molecule has 1 unspecified atom stereocenters. The van der Waals surface area contributed by atoms with E-state index in [-0.39, 0.29) is 12.5 Å². The van der Waals surface area contributed by atoms with E-state index in [0.717, 1.165) is 23.3 Å². The van der Waals surface area contributed by atoms with E-state index >= 15 is 0 Å². The first-order chi connectivity index (χ1) is 13.9. The van der Waals surface area contributed by atoms with Crippen LogP contribution in [0.25, 0.3) is 11.1 Å². The summed E-state index contributed by atoms with van der Waals surface area (Å²) in [5.41, 5.74) is 2.90. The van der Waals surface area contributed by atoms with Crippen LogP contribution in [-0.2, 0) is 4.79 Å². The topological polar surface area (TPSA) is 58.2 Å². The fourth-order valence-corrected chi connectivity index (χ4v) is 2.86. The van der Waals surface area contributed by atoms with Gasteiger partial charge in [0.2, 0.25) is 5.91 Å². The van der Waals surface area contributed by atoms with E-state index in [1.807, 2.05) is 42.5 Å². The summed E-state index contributed by atoms with van der Waals surface area (Å²) in [7, 11) is 0. The first-order valence-electron chi connectivity index (χ1n) is 9.12. The van der Waals surface area contributed by atoms with Crippen LogP contribution >= 0.6 is 0 Å². The molecule has 0 heterocycles. The van der Waals surface area contributed by atoms with E-state index < -0.39 is 23.6 Å². The van der Waals surface area contributed by atoms with Crippen molar-refractivity contribution in [2.45, 2.75) is 13.0 Å². The Morgan fingerprint density at radius 1 is 0.862 bits per heavy atom. The summed E-state index contributed by atoms with van der Waals surface area (Å²) >= 11 is 0. The highest BCUT2D eigenvalue weighted by Crippen LogP contribution is 2.19. The molecule has 0 radical (unpaired) electrons. The third-order valence-electron chi connectivity index (χ3n) is 4.48. The Hall–Kier alpha value is -3.54. The molecule has 2 amide bonds. The zero-order valence-electron chi connectivity index (χ0n) is 15.8. The average molecular weight is 394 g/mol. The molecule has 0 aliphatic heterocycles. The zero-order chi connectivity index (χ0) is 20.8. The molecule has 0 bridgehead atoms. The Balaban J connectivity index is 1.53. The molecule has 0 saturated carbocycles. The van der Waals surface area contributed by atoms with Gasteiger partial charge in [-0.3, -0.25) is 9.59 Å². The predicted octanol–water partition coefficient (Wildman–Crippen LogP) is 4.24. The van der Waals surface area contributed by atoms with Crippen LogP contribution in [0.3, 0.4) is 0 Å². The van der Waals surface area contributed by atoms with E-state index in [2.05, 4.69) is 10.6 Å². The van der Waals surface area contributed by atoms with Gasteiger partial charge >= 0.3 is 0 Å². The lowest BCUT2D eigenvalue weighted by molar-refractivity contribution is -0.120. The van der Waals surface area contributed by atoms with Crippen LogP contribution in [0.4, 0.5) is 8.78 Å². The van der Waals surface area contributed by atoms with Crippen LogP contribution in [0.2, 0.25) is 0 Å². The molecule has 3 rings (SSSR count). The number of nitrogens with one attached hydrogen (secondary N) is 2. The Morgan fingerprint density at radius 2 is 1.52 bits per heavy atom. The van der Waals surface area contributed by atoms with Gasteiger partial charge in [-0.1, -0.05) is 48.5 Å². The van der Waals surface area contributed by atoms with Crippen molar-refractivity contribution >= 4 is 11.8 Å². The van der Waals surface area contributed by atoms with Gasteiger partial charge in [-0.05, 0) is 47.9 Å². The van der Waals surface area contributed by atoms with Crippen LogP contribution in [0.1, 0.15) is 28.9 Å². The summed E-state index contributed by atoms with van der Waals surface area (Å²) in [5.74, 6) is -2.73. The molecule has 1 atom stereocenters. The van der Waals surface area contributed by atoms with Crippen LogP contribution in [0, 0.1) is 11.6 Å². The van der Waals surface area contributed by atoms with Crippen LogP contribution in [-0.4, -0.2) is 18.4 Å². The Labute approximate surface area is 167 Å². The van der Waals surface area contributed by atoms with Gasteiger partial charge in [-0.15, -0.1) is 0 Å². The molecule has 0 spiro atoms. The second kappa shape index (κ2) is 9.10. The van der Waals surface area contributed by atoms with Gasteiger partial charge in [0.05, 0.1) is 12.6 Å². The van der Waals surface area contributed by atoms with Gasteiger partial charge in [0, 0.05) is 5.56 Å². The second-order valence-corrected chi connectivity index (χ2v) is 6.59. The Bertz CT molecular complexity index is 1010. The quantitative estimate of drug-likeness (QED) is 0.657. The molecule has 6 heteroatoms. The van der Waals surface area contributed by atoms with Gasteiger partial charge < -0.3 is 10.6 Å². The zero-order valence-corrected chi connectivity index (χ0v) is 15.8. The molecule has 0 saturated heterocycles. The molecule has 148 valence electrons. The van der Waals surface area contributed by atoms with Crippen molar-refractivity contribution in [3.8, 4) is 11.1 Å². The van der Waals surface area contributed by atoms with E-state index in [4.69, 9.17) is 0 Å². The molecule has 0 aliphatic rings. The highest BCUT2D eigenvalue weighted by Gasteiger charge is 2.13. The van der Waals surface area contributed by atoms with Crippen molar-refractivity contribution in [2.24, 2.45) is 0 Å². The second-order valence-electron chi connectivity index (χ2n) is 6.59. The molecular weight excluding hydrogens is 374 g/mol. The normalized spacial score (nSPS) is 11.6. The molecule has 3 aromatic carbocycles. The minimum Gasteiger partial charge on any atom is -0.348 e. The van der Waals surface area contributed by atoms with Crippen molar-refractivity contribution in [3.05, 3.63) is 95.6 Å². The highest BCUT2D eigenvalue weighted by atomic mass is 19.2. The number of amides is 2. The number of carbonyl (C=O) groups excluding carboxylic acids is 2. The number of benzene rings is 3. The number of hydrogen-bond acceptors (Lipinski definition) is 2. The highest BCUT2D eigenvalue weighted by molar-refractivity contribution is 5.96. The fraction of sp³-hybridized carbons (Fsp3) is 0.130. The van der Waals surface area contributed by atoms with Gasteiger partial charge in [-0.2, -0.15) is 0 Å². The first-order valence-corrected chi connectivity index (χ1v) is 9.12. The molecule has 0 aromatic heterocycles. The molecule has 0 aliphatic carbocycles. The number of halogens is 2. The molecule has 29 heavy (non-hydrogen) atoms. The number of carbonyl (C=O) groups is 2. The summed E-state index contributed by atoms with van der Waals surface area (Å²) in [6, 6.07) is 19.8. The summed E-state index contributed by atoms with van der Waals surface area (Å²) in [6.45, 7) is 1.42. The van der Waals surface area contributed by atoms with Gasteiger partial charge in [0.1, 0.15) is 0 Å². The SMILES string of the molecule is CC(NC(=O)CNC(=O)c1ccc(-c2ccccc2)cc1)c1ccc(F)c(F)c1. The predicted molar refractivity (Wildman–Crippen MR) is 107 cm³/mol. The van der Waals surface area contributed by atoms with E-state index in [1.165, 1.54) is 6.07 Å². The maximum absolute atomic E-state index is 13.3. The third kappa shape index (κ3) is 5.25. The van der Waals surface area contributed by atoms with Crippen LogP contribution in [0.5, 0.6) is 0 Å². The molecule has 0 fully saturated rings. The minimum atomic E-state index is -0.976. The Kier molecular flexibility index (Phi) is 6.34. The van der Waals surface area contributed by atoms with Crippen molar-refractivity contribution < 1.29 is 18.4 Å². The maximum Gasteiger partial charge on any atom is 0.251 e. The summed E-state index contributed by atoms with van der Waals surface area (Å²) in [6.07, 6.45) is 0. The van der Waals surface area contributed by atoms with Gasteiger partial charge in [0.15, 0.2) is 11.6 Å². The molecule has 3 aromatic rings. The van der Waals surface area contributed by atoms with E-state index in [9.17, 15) is 18.4 Å². The van der Waals surface area contributed by atoms with Gasteiger partial charge in [-0.25, -0.2) is 8.78 Å². The van der Waals surface area contributed by atoms with Crippen molar-refractivity contribution in [2.75, 3.05) is 6.54 Å². The van der Waals surface area contributed by atoms with E-state index in [0.29, 0.717) is 11.1 Å². The van der Waals surface area contributed by atoms with E-state index in [1.54, 1.807) is 19.1 Å². The average Bonchev–Trinajstić information content (AvgIpc) is 2.74. The van der Waals surface area contributed by atoms with Crippen LogP contribution < -0.4 is 10.6 Å². The standard InChI is InChI=1S/C23H20F2N2O2/c1-15(19-11-12-20(24)21(25)13-19)27-22(28)14-26-23(29)18-9-7-17(8-10-18)16-5-3-2-4-6-16/h2-13,15H,14H2,1H3,(H,26,29)(H,27,28). The molecular formula is C23H20F2N2O2. The van der Waals surface area contributed by atoms with Gasteiger partial charge in [0.25, 0.3) is 5.91 Å². The lowest BCUT2D eigenvalue weighted by Crippen LogP contribution is -2.38. The summed E-state index contributed by atoms with van der Waals surface area (Å²) < 4.78 is 26.3. The first kappa shape index (κ1) is 20.2. The van der Waals surface area contributed by atoms with Crippen LogP contribution in [0.15, 0.2) is 72.8 Å². The number of hydrogen-bond donors (Lipinski definition) is 2. The van der Waals surface area contributed by atoms with Crippen molar-refractivity contribution in [1.82, 2.24) is 10.6 Å². The lowest BCUT2D eigenvalue weighted by atomic mass is 10.0. The Morgan fingerprint density at radius 3 is 2.17 bits per heavy atom. The fourth-order valence-electron chi connectivity index (χ4n) is 2.86. The van der Waals surface area contributed by atoms with Crippen molar-refractivity contribution in [1.29, 1.82) is 0 Å². The molecule has 2 N–H and O–H groups in total. The number of rotatable bonds is 6. The van der Waals surface area contributed by atoms with Crippen molar-refractivity contribution in [3.63, 3.8) is 0 Å². The largest absolute Gasteiger partial charge is 0.348 e. The third-order valence-corrected chi connectivity index (χ3v) is 4.48. The lowest BCUT2D eigenvalue weighted by Gasteiger charge is -2.15. The summed E-state index contributed by atoms with van der Waals surface area (Å²) in [5, 5.41) is 5.19. The minimum absolute atomic E-state index is 0.229. The summed E-state index contributed by atoms with van der Waals surface area (Å²) in [4.78, 5) is 24.3. The smallest absolute Gasteiger partial charge is 0.251 e. The molecule has 4 nitrogen and oxygen atoms in total. The maximum atomic E-state index is 13.3. The monoisotopic (exact) mass is 394 g/mol.